The number of carbonyl (C=O) groups excluding carboxylic acids is 1. The fourth-order valence-electron chi connectivity index (χ4n) is 1.65. The van der Waals surface area contributed by atoms with E-state index in [0.717, 1.165) is 17.3 Å². The lowest BCUT2D eigenvalue weighted by molar-refractivity contribution is -0.137. The predicted molar refractivity (Wildman–Crippen MR) is 88.6 cm³/mol. The van der Waals surface area contributed by atoms with Crippen molar-refractivity contribution < 1.29 is 14.7 Å². The van der Waals surface area contributed by atoms with Gasteiger partial charge in [-0.25, -0.2) is 0 Å². The maximum atomic E-state index is 12.2. The van der Waals surface area contributed by atoms with Gasteiger partial charge in [0.25, 0.3) is 5.91 Å². The first-order chi connectivity index (χ1) is 9.88. The van der Waals surface area contributed by atoms with E-state index in [2.05, 4.69) is 0 Å². The standard InChI is InChI=1S/C13H9Cl2NO3S2/c14-8-2-1-7(5-9(8)15)6-10-12(19)16(13(20)21-10)4-3-11(17)18/h1-2,5-6H,3-4H2,(H,17,18)/b10-6-. The minimum atomic E-state index is -0.975. The van der Waals surface area contributed by atoms with Gasteiger partial charge in [0.1, 0.15) is 4.32 Å². The van der Waals surface area contributed by atoms with Gasteiger partial charge < -0.3 is 5.11 Å². The third-order valence-corrected chi connectivity index (χ3v) is 4.78. The number of nitrogens with zero attached hydrogens (tertiary/aromatic N) is 1. The van der Waals surface area contributed by atoms with Crippen LogP contribution in [0.1, 0.15) is 12.0 Å². The molecule has 1 saturated heterocycles. The predicted octanol–water partition coefficient (Wildman–Crippen LogP) is 3.67. The van der Waals surface area contributed by atoms with Crippen molar-refractivity contribution in [2.75, 3.05) is 6.54 Å². The summed E-state index contributed by atoms with van der Waals surface area (Å²) in [5, 5.41) is 9.50. The number of benzene rings is 1. The second kappa shape index (κ2) is 6.79. The molecule has 2 rings (SSSR count). The van der Waals surface area contributed by atoms with Crippen LogP contribution in [0.4, 0.5) is 0 Å². The number of hydrogen-bond donors (Lipinski definition) is 1. The maximum absolute atomic E-state index is 12.2. The number of carboxylic acids is 1. The number of carboxylic acid groups (broad SMARTS) is 1. The highest BCUT2D eigenvalue weighted by Gasteiger charge is 2.32. The Morgan fingerprint density at radius 2 is 2.10 bits per heavy atom. The molecule has 1 amide bonds. The van der Waals surface area contributed by atoms with Crippen LogP contribution in [-0.4, -0.2) is 32.7 Å². The van der Waals surface area contributed by atoms with Gasteiger partial charge in [0.15, 0.2) is 0 Å². The Hall–Kier alpha value is -1.08. The number of carbonyl (C=O) groups is 2. The Kier molecular flexibility index (Phi) is 5.27. The average Bonchev–Trinajstić information content (AvgIpc) is 2.67. The summed E-state index contributed by atoms with van der Waals surface area (Å²) >= 11 is 18.0. The van der Waals surface area contributed by atoms with Crippen LogP contribution < -0.4 is 0 Å². The fraction of sp³-hybridized carbons (Fsp3) is 0.154. The van der Waals surface area contributed by atoms with Gasteiger partial charge in [-0.15, -0.1) is 0 Å². The molecule has 0 saturated carbocycles. The molecule has 1 aliphatic heterocycles. The van der Waals surface area contributed by atoms with E-state index in [1.807, 2.05) is 0 Å². The highest BCUT2D eigenvalue weighted by atomic mass is 35.5. The molecule has 1 N–H and O–H groups in total. The molecule has 0 radical (unpaired) electrons. The Bertz CT molecular complexity index is 661. The molecule has 110 valence electrons. The summed E-state index contributed by atoms with van der Waals surface area (Å²) in [5.41, 5.74) is 0.725. The molecule has 0 atom stereocenters. The van der Waals surface area contributed by atoms with E-state index in [0.29, 0.717) is 19.3 Å². The van der Waals surface area contributed by atoms with Crippen LogP contribution in [-0.2, 0) is 9.59 Å². The summed E-state index contributed by atoms with van der Waals surface area (Å²) < 4.78 is 0.354. The zero-order chi connectivity index (χ0) is 15.6. The van der Waals surface area contributed by atoms with Crippen molar-refractivity contribution in [2.24, 2.45) is 0 Å². The highest BCUT2D eigenvalue weighted by molar-refractivity contribution is 8.26. The van der Waals surface area contributed by atoms with Gasteiger partial charge in [-0.05, 0) is 23.8 Å². The van der Waals surface area contributed by atoms with Gasteiger partial charge in [-0.2, -0.15) is 0 Å². The molecule has 1 aliphatic rings. The van der Waals surface area contributed by atoms with Crippen LogP contribution in [0, 0.1) is 0 Å². The van der Waals surface area contributed by atoms with Gasteiger partial charge in [0, 0.05) is 6.54 Å². The number of hydrogen-bond acceptors (Lipinski definition) is 4. The lowest BCUT2D eigenvalue weighted by Gasteiger charge is -2.12. The van der Waals surface area contributed by atoms with Crippen molar-refractivity contribution in [2.45, 2.75) is 6.42 Å². The van der Waals surface area contributed by atoms with E-state index in [1.165, 1.54) is 4.90 Å². The minimum absolute atomic E-state index is 0.0682. The van der Waals surface area contributed by atoms with Gasteiger partial charge in [-0.1, -0.05) is 53.2 Å². The molecule has 4 nitrogen and oxygen atoms in total. The smallest absolute Gasteiger partial charge is 0.305 e. The Labute approximate surface area is 140 Å². The van der Waals surface area contributed by atoms with E-state index in [-0.39, 0.29) is 18.9 Å². The summed E-state index contributed by atoms with van der Waals surface area (Å²) in [5.74, 6) is -1.27. The molecular formula is C13H9Cl2NO3S2. The summed E-state index contributed by atoms with van der Waals surface area (Å²) in [4.78, 5) is 24.5. The van der Waals surface area contributed by atoms with Gasteiger partial charge >= 0.3 is 5.97 Å². The van der Waals surface area contributed by atoms with Crippen molar-refractivity contribution >= 4 is 69.5 Å². The fourth-order valence-corrected chi connectivity index (χ4v) is 3.27. The normalized spacial score (nSPS) is 16.9. The van der Waals surface area contributed by atoms with Crippen molar-refractivity contribution in [3.8, 4) is 0 Å². The average molecular weight is 362 g/mol. The largest absolute Gasteiger partial charge is 0.481 e. The molecule has 1 aromatic carbocycles. The zero-order valence-corrected chi connectivity index (χ0v) is 13.7. The van der Waals surface area contributed by atoms with Crippen LogP contribution in [0.3, 0.4) is 0 Å². The highest BCUT2D eigenvalue weighted by Crippen LogP contribution is 2.33. The Balaban J connectivity index is 2.19. The number of thioether (sulfide) groups is 1. The van der Waals surface area contributed by atoms with E-state index < -0.39 is 5.97 Å². The van der Waals surface area contributed by atoms with Gasteiger partial charge in [0.2, 0.25) is 0 Å². The quantitative estimate of drug-likeness (QED) is 0.654. The summed E-state index contributed by atoms with van der Waals surface area (Å²) in [6.45, 7) is 0.0682. The third kappa shape index (κ3) is 3.97. The molecule has 1 aromatic rings. The van der Waals surface area contributed by atoms with Crippen molar-refractivity contribution in [3.05, 3.63) is 38.7 Å². The monoisotopic (exact) mass is 361 g/mol. The summed E-state index contributed by atoms with van der Waals surface area (Å²) in [6.07, 6.45) is 1.51. The van der Waals surface area contributed by atoms with Crippen LogP contribution in [0.2, 0.25) is 10.0 Å². The minimum Gasteiger partial charge on any atom is -0.481 e. The Morgan fingerprint density at radius 3 is 2.71 bits per heavy atom. The van der Waals surface area contributed by atoms with Crippen molar-refractivity contribution in [1.82, 2.24) is 4.90 Å². The molecule has 1 fully saturated rings. The van der Waals surface area contributed by atoms with Crippen LogP contribution in [0.5, 0.6) is 0 Å². The first kappa shape index (κ1) is 16.3. The first-order valence-corrected chi connectivity index (χ1v) is 7.79. The molecule has 0 bridgehead atoms. The molecule has 8 heteroatoms. The first-order valence-electron chi connectivity index (χ1n) is 5.80. The number of rotatable bonds is 4. The topological polar surface area (TPSA) is 57.6 Å². The Morgan fingerprint density at radius 1 is 1.38 bits per heavy atom. The molecule has 0 aliphatic carbocycles. The van der Waals surface area contributed by atoms with E-state index >= 15 is 0 Å². The number of amides is 1. The molecular weight excluding hydrogens is 353 g/mol. The number of halogens is 2. The van der Waals surface area contributed by atoms with Crippen LogP contribution in [0.15, 0.2) is 23.1 Å². The SMILES string of the molecule is O=C(O)CCN1C(=O)/C(=C/c2ccc(Cl)c(Cl)c2)SC1=S. The van der Waals surface area contributed by atoms with Crippen LogP contribution >= 0.6 is 47.2 Å². The zero-order valence-electron chi connectivity index (χ0n) is 10.5. The van der Waals surface area contributed by atoms with Gasteiger partial charge in [-0.3, -0.25) is 14.5 Å². The summed E-state index contributed by atoms with van der Waals surface area (Å²) in [7, 11) is 0. The van der Waals surface area contributed by atoms with Crippen LogP contribution in [0.25, 0.3) is 6.08 Å². The van der Waals surface area contributed by atoms with E-state index in [4.69, 9.17) is 40.5 Å². The summed E-state index contributed by atoms with van der Waals surface area (Å²) in [6, 6.07) is 5.02. The molecule has 0 aromatic heterocycles. The third-order valence-electron chi connectivity index (χ3n) is 2.66. The van der Waals surface area contributed by atoms with Crippen molar-refractivity contribution in [3.63, 3.8) is 0 Å². The van der Waals surface area contributed by atoms with E-state index in [1.54, 1.807) is 24.3 Å². The number of aliphatic carboxylic acids is 1. The maximum Gasteiger partial charge on any atom is 0.305 e. The lowest BCUT2D eigenvalue weighted by atomic mass is 10.2. The van der Waals surface area contributed by atoms with E-state index in [9.17, 15) is 9.59 Å². The van der Waals surface area contributed by atoms with Gasteiger partial charge in [0.05, 0.1) is 21.4 Å². The molecule has 21 heavy (non-hydrogen) atoms. The van der Waals surface area contributed by atoms with Crippen molar-refractivity contribution in [1.29, 1.82) is 0 Å². The molecule has 0 unspecified atom stereocenters. The second-order valence-electron chi connectivity index (χ2n) is 4.15. The number of thiocarbonyl (C=S) groups is 1. The second-order valence-corrected chi connectivity index (χ2v) is 6.64. The lowest BCUT2D eigenvalue weighted by Crippen LogP contribution is -2.30. The molecule has 0 spiro atoms. The molecule has 1 heterocycles.